The second kappa shape index (κ2) is 9.44. The molecular weight excluding hydrogens is 428 g/mol. The molecule has 138 valence electrons. The highest BCUT2D eigenvalue weighted by Gasteiger charge is 2.17. The number of benzene rings is 1. The highest BCUT2D eigenvalue weighted by Crippen LogP contribution is 2.22. The van der Waals surface area contributed by atoms with Crippen LogP contribution >= 0.6 is 27.7 Å². The number of carbonyl (C=O) groups is 1. The number of thioether (sulfide) groups is 1. The zero-order valence-electron chi connectivity index (χ0n) is 14.4. The zero-order valence-corrected chi connectivity index (χ0v) is 16.8. The van der Waals surface area contributed by atoms with Crippen molar-refractivity contribution in [3.8, 4) is 11.8 Å². The smallest absolute Gasteiger partial charge is 0.233 e. The van der Waals surface area contributed by atoms with Crippen molar-refractivity contribution in [1.82, 2.24) is 14.5 Å². The molecular formula is C19H17BrN4O2S. The molecule has 0 spiro atoms. The summed E-state index contributed by atoms with van der Waals surface area (Å²) in [7, 11) is 0. The third-order valence-corrected chi connectivity index (χ3v) is 5.29. The average Bonchev–Trinajstić information content (AvgIpc) is 3.35. The second-order valence-corrected chi connectivity index (χ2v) is 7.51. The van der Waals surface area contributed by atoms with E-state index in [1.807, 2.05) is 41.1 Å². The number of halogens is 1. The van der Waals surface area contributed by atoms with E-state index in [9.17, 15) is 4.79 Å². The third-order valence-electron chi connectivity index (χ3n) is 3.81. The van der Waals surface area contributed by atoms with Gasteiger partial charge in [-0.15, -0.1) is 0 Å². The molecule has 0 saturated heterocycles. The van der Waals surface area contributed by atoms with Crippen LogP contribution in [0.2, 0.25) is 0 Å². The Morgan fingerprint density at radius 3 is 2.85 bits per heavy atom. The Morgan fingerprint density at radius 1 is 1.33 bits per heavy atom. The van der Waals surface area contributed by atoms with Gasteiger partial charge in [-0.05, 0) is 36.4 Å². The SMILES string of the molecule is N#CCCN(Cc1ccco1)C(=O)CSc1nccn1-c1ccc(Br)cc1. The first-order chi connectivity index (χ1) is 13.2. The van der Waals surface area contributed by atoms with Gasteiger partial charge >= 0.3 is 0 Å². The predicted octanol–water partition coefficient (Wildman–Crippen LogP) is 4.26. The van der Waals surface area contributed by atoms with E-state index >= 15 is 0 Å². The lowest BCUT2D eigenvalue weighted by Gasteiger charge is -2.20. The van der Waals surface area contributed by atoms with Gasteiger partial charge in [-0.25, -0.2) is 4.98 Å². The number of aromatic nitrogens is 2. The minimum atomic E-state index is -0.0583. The Labute approximate surface area is 169 Å². The molecule has 27 heavy (non-hydrogen) atoms. The molecule has 0 atom stereocenters. The number of nitriles is 1. The quantitative estimate of drug-likeness (QED) is 0.485. The van der Waals surface area contributed by atoms with E-state index in [4.69, 9.17) is 9.68 Å². The van der Waals surface area contributed by atoms with Crippen LogP contribution in [0.3, 0.4) is 0 Å². The summed E-state index contributed by atoms with van der Waals surface area (Å²) >= 11 is 4.80. The Kier molecular flexibility index (Phi) is 6.74. The summed E-state index contributed by atoms with van der Waals surface area (Å²) in [5.41, 5.74) is 0.975. The monoisotopic (exact) mass is 444 g/mol. The molecule has 3 rings (SSSR count). The van der Waals surface area contributed by atoms with Gasteiger partial charge in [0.25, 0.3) is 0 Å². The highest BCUT2D eigenvalue weighted by atomic mass is 79.9. The summed E-state index contributed by atoms with van der Waals surface area (Å²) < 4.78 is 8.27. The molecule has 0 aliphatic rings. The van der Waals surface area contributed by atoms with E-state index in [2.05, 4.69) is 27.0 Å². The number of furan rings is 1. The largest absolute Gasteiger partial charge is 0.467 e. The number of hydrogen-bond acceptors (Lipinski definition) is 5. The minimum Gasteiger partial charge on any atom is -0.467 e. The van der Waals surface area contributed by atoms with E-state index in [0.717, 1.165) is 15.3 Å². The second-order valence-electron chi connectivity index (χ2n) is 5.65. The summed E-state index contributed by atoms with van der Waals surface area (Å²) in [5, 5.41) is 9.59. The fraction of sp³-hybridized carbons (Fsp3) is 0.211. The number of nitrogens with zero attached hydrogens (tertiary/aromatic N) is 4. The molecule has 3 aromatic rings. The maximum absolute atomic E-state index is 12.7. The van der Waals surface area contributed by atoms with Crippen molar-refractivity contribution in [3.05, 3.63) is 65.3 Å². The molecule has 6 nitrogen and oxygen atoms in total. The van der Waals surface area contributed by atoms with E-state index in [0.29, 0.717) is 18.8 Å². The topological polar surface area (TPSA) is 75.1 Å². The van der Waals surface area contributed by atoms with Crippen molar-refractivity contribution in [2.45, 2.75) is 18.1 Å². The van der Waals surface area contributed by atoms with Gasteiger partial charge in [-0.2, -0.15) is 5.26 Å². The van der Waals surface area contributed by atoms with E-state index in [-0.39, 0.29) is 18.1 Å². The predicted molar refractivity (Wildman–Crippen MR) is 106 cm³/mol. The standard InChI is InChI=1S/C19H17BrN4O2S/c20-15-4-6-16(7-5-15)24-11-9-22-19(24)27-14-18(25)23(10-2-8-21)13-17-3-1-12-26-17/h1,3-7,9,11-12H,2,10,13-14H2. The summed E-state index contributed by atoms with van der Waals surface area (Å²) in [5.74, 6) is 0.874. The van der Waals surface area contributed by atoms with Crippen LogP contribution in [0.4, 0.5) is 0 Å². The van der Waals surface area contributed by atoms with Crippen LogP contribution in [0.15, 0.2) is 69.1 Å². The molecule has 0 aliphatic heterocycles. The van der Waals surface area contributed by atoms with E-state index in [1.54, 1.807) is 23.4 Å². The number of rotatable bonds is 8. The van der Waals surface area contributed by atoms with Crippen molar-refractivity contribution < 1.29 is 9.21 Å². The summed E-state index contributed by atoms with van der Waals surface area (Å²) in [6, 6.07) is 13.6. The molecule has 0 unspecified atom stereocenters. The van der Waals surface area contributed by atoms with Gasteiger partial charge in [-0.3, -0.25) is 9.36 Å². The van der Waals surface area contributed by atoms with Gasteiger partial charge in [-0.1, -0.05) is 27.7 Å². The number of amides is 1. The lowest BCUT2D eigenvalue weighted by molar-refractivity contribution is -0.129. The van der Waals surface area contributed by atoms with Gasteiger partial charge in [0.2, 0.25) is 5.91 Å². The van der Waals surface area contributed by atoms with Crippen molar-refractivity contribution in [3.63, 3.8) is 0 Å². The molecule has 8 heteroatoms. The van der Waals surface area contributed by atoms with Crippen LogP contribution in [0.5, 0.6) is 0 Å². The van der Waals surface area contributed by atoms with Crippen molar-refractivity contribution in [2.75, 3.05) is 12.3 Å². The van der Waals surface area contributed by atoms with Gasteiger partial charge in [0, 0.05) is 29.1 Å². The van der Waals surface area contributed by atoms with E-state index < -0.39 is 0 Å². The van der Waals surface area contributed by atoms with Crippen molar-refractivity contribution in [2.24, 2.45) is 0 Å². The van der Waals surface area contributed by atoms with Gasteiger partial charge in [0.05, 0.1) is 31.1 Å². The molecule has 0 radical (unpaired) electrons. The zero-order chi connectivity index (χ0) is 19.1. The lowest BCUT2D eigenvalue weighted by Crippen LogP contribution is -2.32. The maximum Gasteiger partial charge on any atom is 0.233 e. The molecule has 0 saturated carbocycles. The summed E-state index contributed by atoms with van der Waals surface area (Å²) in [4.78, 5) is 18.7. The number of imidazole rings is 1. The van der Waals surface area contributed by atoms with Crippen LogP contribution < -0.4 is 0 Å². The summed E-state index contributed by atoms with van der Waals surface area (Å²) in [6.07, 6.45) is 5.44. The van der Waals surface area contributed by atoms with Gasteiger partial charge in [0.1, 0.15) is 5.76 Å². The molecule has 1 aromatic carbocycles. The number of hydrogen-bond donors (Lipinski definition) is 0. The molecule has 0 bridgehead atoms. The summed E-state index contributed by atoms with van der Waals surface area (Å²) in [6.45, 7) is 0.729. The van der Waals surface area contributed by atoms with Crippen molar-refractivity contribution in [1.29, 1.82) is 5.26 Å². The number of carbonyl (C=O) groups excluding carboxylic acids is 1. The molecule has 1 amide bonds. The first-order valence-corrected chi connectivity index (χ1v) is 10.0. The van der Waals surface area contributed by atoms with Crippen LogP contribution in [-0.2, 0) is 11.3 Å². The Bertz CT molecular complexity index is 916. The minimum absolute atomic E-state index is 0.0583. The average molecular weight is 445 g/mol. The third kappa shape index (κ3) is 5.25. The molecule has 0 N–H and O–H groups in total. The lowest BCUT2D eigenvalue weighted by atomic mass is 10.3. The van der Waals surface area contributed by atoms with Crippen molar-refractivity contribution >= 4 is 33.6 Å². The molecule has 2 heterocycles. The normalized spacial score (nSPS) is 10.5. The Morgan fingerprint density at radius 2 is 2.15 bits per heavy atom. The molecule has 0 aliphatic carbocycles. The molecule has 2 aromatic heterocycles. The first kappa shape index (κ1) is 19.3. The van der Waals surface area contributed by atoms with Crippen LogP contribution in [0.25, 0.3) is 5.69 Å². The van der Waals surface area contributed by atoms with Crippen LogP contribution in [-0.4, -0.2) is 32.7 Å². The Balaban J connectivity index is 1.66. The molecule has 0 fully saturated rings. The Hall–Kier alpha value is -2.50. The van der Waals surface area contributed by atoms with Gasteiger partial charge in [0.15, 0.2) is 5.16 Å². The maximum atomic E-state index is 12.7. The van der Waals surface area contributed by atoms with Crippen LogP contribution in [0.1, 0.15) is 12.2 Å². The van der Waals surface area contributed by atoms with Gasteiger partial charge < -0.3 is 9.32 Å². The highest BCUT2D eigenvalue weighted by molar-refractivity contribution is 9.10. The fourth-order valence-corrected chi connectivity index (χ4v) is 3.62. The fourth-order valence-electron chi connectivity index (χ4n) is 2.48. The first-order valence-electron chi connectivity index (χ1n) is 8.26. The van der Waals surface area contributed by atoms with Crippen LogP contribution in [0, 0.1) is 11.3 Å². The van der Waals surface area contributed by atoms with E-state index in [1.165, 1.54) is 11.8 Å².